The van der Waals surface area contributed by atoms with Crippen LogP contribution in [-0.4, -0.2) is 25.5 Å². The lowest BCUT2D eigenvalue weighted by Gasteiger charge is -2.24. The average molecular weight is 573 g/mol. The van der Waals surface area contributed by atoms with E-state index < -0.39 is 4.92 Å². The van der Waals surface area contributed by atoms with Crippen LogP contribution < -0.4 is 0 Å². The van der Waals surface area contributed by atoms with E-state index in [1.165, 1.54) is 23.9 Å². The van der Waals surface area contributed by atoms with Crippen LogP contribution in [0.15, 0.2) is 119 Å². The van der Waals surface area contributed by atoms with Crippen molar-refractivity contribution in [3.05, 3.63) is 147 Å². The Morgan fingerprint density at radius 3 is 2.24 bits per heavy atom. The summed E-state index contributed by atoms with van der Waals surface area (Å²) >= 11 is 1.39. The van der Waals surface area contributed by atoms with Crippen molar-refractivity contribution < 1.29 is 9.72 Å². The van der Waals surface area contributed by atoms with E-state index in [-0.39, 0.29) is 17.6 Å². The third-order valence-electron chi connectivity index (χ3n) is 7.53. The number of hydrogen-bond donors (Lipinski definition) is 0. The minimum absolute atomic E-state index is 0.0669. The van der Waals surface area contributed by atoms with Gasteiger partial charge in [0, 0.05) is 40.8 Å². The van der Waals surface area contributed by atoms with Gasteiger partial charge in [-0.2, -0.15) is 0 Å². The Labute approximate surface area is 248 Å². The quantitative estimate of drug-likeness (QED) is 0.112. The number of nitro benzene ring substituents is 1. The molecule has 0 radical (unpaired) electrons. The SMILES string of the molecule is Cc1c(/C=C2/SC(=Nc3ccccc3)N([C@H](C)c3ccccc3)C2=O)c2ccccc2n1Cc1ccc([N+](=O)[O-])cc1. The number of thioether (sulfide) groups is 1. The zero-order valence-electron chi connectivity index (χ0n) is 23.2. The highest BCUT2D eigenvalue weighted by atomic mass is 32.2. The average Bonchev–Trinajstić information content (AvgIpc) is 3.46. The number of rotatable bonds is 7. The van der Waals surface area contributed by atoms with E-state index in [9.17, 15) is 14.9 Å². The number of carbonyl (C=O) groups excluding carboxylic acids is 1. The molecule has 7 nitrogen and oxygen atoms in total. The first-order valence-electron chi connectivity index (χ1n) is 13.6. The van der Waals surface area contributed by atoms with Gasteiger partial charge in [0.25, 0.3) is 11.6 Å². The van der Waals surface area contributed by atoms with Crippen LogP contribution in [0.1, 0.15) is 35.3 Å². The summed E-state index contributed by atoms with van der Waals surface area (Å²) in [6.07, 6.45) is 1.98. The molecular formula is C34H28N4O3S. The minimum atomic E-state index is -0.391. The Morgan fingerprint density at radius 1 is 0.905 bits per heavy atom. The number of hydrogen-bond acceptors (Lipinski definition) is 5. The van der Waals surface area contributed by atoms with Gasteiger partial charge in [-0.15, -0.1) is 0 Å². The van der Waals surface area contributed by atoms with Crippen molar-refractivity contribution in [2.45, 2.75) is 26.4 Å². The molecule has 1 amide bonds. The molecule has 2 heterocycles. The summed E-state index contributed by atoms with van der Waals surface area (Å²) in [5.74, 6) is -0.0855. The molecule has 1 aliphatic heterocycles. The second kappa shape index (κ2) is 11.5. The zero-order valence-corrected chi connectivity index (χ0v) is 24.0. The maximum absolute atomic E-state index is 14.1. The molecule has 1 aromatic heterocycles. The second-order valence-electron chi connectivity index (χ2n) is 10.1. The number of amidine groups is 1. The molecule has 4 aromatic carbocycles. The smallest absolute Gasteiger partial charge is 0.269 e. The number of carbonyl (C=O) groups is 1. The molecule has 1 atom stereocenters. The van der Waals surface area contributed by atoms with Crippen molar-refractivity contribution in [2.24, 2.45) is 4.99 Å². The first-order valence-corrected chi connectivity index (χ1v) is 14.5. The number of nitrogens with zero attached hydrogens (tertiary/aromatic N) is 4. The molecule has 0 unspecified atom stereocenters. The molecule has 0 N–H and O–H groups in total. The van der Waals surface area contributed by atoms with E-state index in [1.54, 1.807) is 17.0 Å². The van der Waals surface area contributed by atoms with E-state index in [0.717, 1.165) is 39.0 Å². The van der Waals surface area contributed by atoms with Gasteiger partial charge >= 0.3 is 0 Å². The number of fused-ring (bicyclic) bond motifs is 1. The lowest BCUT2D eigenvalue weighted by Crippen LogP contribution is -2.32. The van der Waals surface area contributed by atoms with Crippen molar-refractivity contribution in [2.75, 3.05) is 0 Å². The van der Waals surface area contributed by atoms with Crippen LogP contribution in [0.25, 0.3) is 17.0 Å². The molecule has 6 rings (SSSR count). The highest BCUT2D eigenvalue weighted by Crippen LogP contribution is 2.40. The summed E-state index contributed by atoms with van der Waals surface area (Å²) in [6.45, 7) is 4.62. The highest BCUT2D eigenvalue weighted by Gasteiger charge is 2.37. The van der Waals surface area contributed by atoms with Gasteiger partial charge in [-0.05, 0) is 61.0 Å². The van der Waals surface area contributed by atoms with Crippen molar-refractivity contribution >= 4 is 51.2 Å². The van der Waals surface area contributed by atoms with Gasteiger partial charge in [-0.3, -0.25) is 19.8 Å². The fraction of sp³-hybridized carbons (Fsp3) is 0.118. The third kappa shape index (κ3) is 5.24. The van der Waals surface area contributed by atoms with E-state index in [4.69, 9.17) is 4.99 Å². The molecule has 0 aliphatic carbocycles. The van der Waals surface area contributed by atoms with Crippen LogP contribution in [-0.2, 0) is 11.3 Å². The topological polar surface area (TPSA) is 80.7 Å². The Balaban J connectivity index is 1.42. The molecule has 8 heteroatoms. The largest absolute Gasteiger partial charge is 0.340 e. The number of para-hydroxylation sites is 2. The standard InChI is InChI=1S/C34H28N4O3S/c1-23(26-11-5-3-6-12-26)37-33(39)32(42-34(37)35-27-13-7-4-8-14-27)21-30-24(2)36(31-16-10-9-15-29(30)31)22-25-17-19-28(20-18-25)38(40)41/h3-21,23H,22H2,1-2H3/b32-21+,35-34?/t23-/m1/s1. The van der Waals surface area contributed by atoms with Gasteiger partial charge in [0.05, 0.1) is 21.6 Å². The summed E-state index contributed by atoms with van der Waals surface area (Å²) in [5.41, 5.74) is 5.85. The Morgan fingerprint density at radius 2 is 1.55 bits per heavy atom. The molecule has 0 saturated carbocycles. The fourth-order valence-electron chi connectivity index (χ4n) is 5.28. The Bertz CT molecular complexity index is 1850. The van der Waals surface area contributed by atoms with Gasteiger partial charge in [0.15, 0.2) is 5.17 Å². The number of benzene rings is 4. The maximum atomic E-state index is 14.1. The molecule has 1 fully saturated rings. The second-order valence-corrected chi connectivity index (χ2v) is 11.1. The minimum Gasteiger partial charge on any atom is -0.340 e. The van der Waals surface area contributed by atoms with E-state index in [0.29, 0.717) is 16.6 Å². The van der Waals surface area contributed by atoms with E-state index in [2.05, 4.69) is 16.7 Å². The van der Waals surface area contributed by atoms with Crippen LogP contribution in [0, 0.1) is 17.0 Å². The third-order valence-corrected chi connectivity index (χ3v) is 8.51. The lowest BCUT2D eigenvalue weighted by atomic mass is 10.1. The monoisotopic (exact) mass is 572 g/mol. The number of amides is 1. The van der Waals surface area contributed by atoms with E-state index >= 15 is 0 Å². The van der Waals surface area contributed by atoms with Crippen LogP contribution in [0.3, 0.4) is 0 Å². The van der Waals surface area contributed by atoms with E-state index in [1.807, 2.05) is 92.7 Å². The molecule has 208 valence electrons. The van der Waals surface area contributed by atoms with Gasteiger partial charge in [-0.25, -0.2) is 4.99 Å². The maximum Gasteiger partial charge on any atom is 0.269 e. The molecule has 1 saturated heterocycles. The molecule has 5 aromatic rings. The van der Waals surface area contributed by atoms with Crippen LogP contribution in [0.5, 0.6) is 0 Å². The number of aliphatic imine (C=N–C) groups is 1. The van der Waals surface area contributed by atoms with Crippen molar-refractivity contribution in [1.82, 2.24) is 9.47 Å². The fourth-order valence-corrected chi connectivity index (χ4v) is 6.33. The van der Waals surface area contributed by atoms with Gasteiger partial charge in [0.1, 0.15) is 0 Å². The van der Waals surface area contributed by atoms with Crippen LogP contribution in [0.2, 0.25) is 0 Å². The summed E-state index contributed by atoms with van der Waals surface area (Å²) in [6, 6.07) is 34.2. The predicted octanol–water partition coefficient (Wildman–Crippen LogP) is 8.27. The predicted molar refractivity (Wildman–Crippen MR) is 170 cm³/mol. The Kier molecular flexibility index (Phi) is 7.46. The first-order chi connectivity index (χ1) is 20.4. The van der Waals surface area contributed by atoms with Crippen molar-refractivity contribution in [3.63, 3.8) is 0 Å². The normalized spacial score (nSPS) is 16.0. The van der Waals surface area contributed by atoms with Crippen LogP contribution >= 0.6 is 11.8 Å². The summed E-state index contributed by atoms with van der Waals surface area (Å²) < 4.78 is 2.19. The van der Waals surface area contributed by atoms with Gasteiger partial charge in [0.2, 0.25) is 0 Å². The highest BCUT2D eigenvalue weighted by molar-refractivity contribution is 8.18. The van der Waals surface area contributed by atoms with Crippen molar-refractivity contribution in [1.29, 1.82) is 0 Å². The lowest BCUT2D eigenvalue weighted by molar-refractivity contribution is -0.384. The van der Waals surface area contributed by atoms with Crippen molar-refractivity contribution in [3.8, 4) is 0 Å². The summed E-state index contributed by atoms with van der Waals surface area (Å²) in [5, 5.41) is 12.8. The van der Waals surface area contributed by atoms with Gasteiger partial charge in [-0.1, -0.05) is 78.9 Å². The molecule has 0 bridgehead atoms. The molecule has 0 spiro atoms. The number of aromatic nitrogens is 1. The van der Waals surface area contributed by atoms with Gasteiger partial charge < -0.3 is 4.57 Å². The Hall–Kier alpha value is -4.95. The summed E-state index contributed by atoms with van der Waals surface area (Å²) in [4.78, 5) is 32.1. The first kappa shape index (κ1) is 27.2. The number of nitro groups is 1. The molecular weight excluding hydrogens is 544 g/mol. The van der Waals surface area contributed by atoms with Crippen LogP contribution in [0.4, 0.5) is 11.4 Å². The molecule has 42 heavy (non-hydrogen) atoms. The number of non-ortho nitro benzene ring substituents is 1. The molecule has 1 aliphatic rings. The summed E-state index contributed by atoms with van der Waals surface area (Å²) in [7, 11) is 0. The zero-order chi connectivity index (χ0) is 29.2.